The van der Waals surface area contributed by atoms with Crippen molar-refractivity contribution in [2.24, 2.45) is 0 Å². The summed E-state index contributed by atoms with van der Waals surface area (Å²) in [5.41, 5.74) is 1.52. The molecular formula is C22H28BNO5. The van der Waals surface area contributed by atoms with Gasteiger partial charge >= 0.3 is 7.12 Å². The molecule has 1 aliphatic carbocycles. The first-order chi connectivity index (χ1) is 13.6. The van der Waals surface area contributed by atoms with E-state index in [0.717, 1.165) is 16.7 Å². The standard InChI is InChI=1S/C22H28BNO5/c1-20(2)21(3,4)29-23(28-20)14-5-6-17-18(11-14)24(15-12-16(25)13-15)19(26)22(17)7-9-27-10-8-22/h5-6,11,15H,7-10,12-13H2,1-4H3. The molecule has 0 unspecified atom stereocenters. The second kappa shape index (κ2) is 6.16. The van der Waals surface area contributed by atoms with Crippen molar-refractivity contribution in [3.05, 3.63) is 23.8 Å². The molecule has 4 aliphatic rings. The average Bonchev–Trinajstić information content (AvgIpc) is 3.00. The molecule has 5 rings (SSSR count). The van der Waals surface area contributed by atoms with Gasteiger partial charge in [-0.05, 0) is 57.6 Å². The minimum Gasteiger partial charge on any atom is -0.399 e. The van der Waals surface area contributed by atoms with Gasteiger partial charge in [-0.3, -0.25) is 9.59 Å². The van der Waals surface area contributed by atoms with Gasteiger partial charge in [0.05, 0.1) is 22.7 Å². The Morgan fingerprint density at radius 1 is 1.00 bits per heavy atom. The summed E-state index contributed by atoms with van der Waals surface area (Å²) in [5.74, 6) is 0.346. The normalized spacial score (nSPS) is 27.4. The number of Topliss-reactive ketones (excluding diaryl/α,β-unsaturated/α-hetero) is 1. The summed E-state index contributed by atoms with van der Waals surface area (Å²) in [4.78, 5) is 27.2. The first kappa shape index (κ1) is 19.3. The molecule has 1 aromatic carbocycles. The maximum atomic E-state index is 13.6. The number of ketones is 1. The molecule has 6 nitrogen and oxygen atoms in total. The van der Waals surface area contributed by atoms with Crippen LogP contribution in [0.1, 0.15) is 58.9 Å². The van der Waals surface area contributed by atoms with E-state index in [-0.39, 0.29) is 17.7 Å². The Bertz CT molecular complexity index is 865. The van der Waals surface area contributed by atoms with E-state index in [1.54, 1.807) is 0 Å². The molecule has 154 valence electrons. The minimum atomic E-state index is -0.527. The lowest BCUT2D eigenvalue weighted by atomic mass is 9.73. The number of carbonyl (C=O) groups excluding carboxylic acids is 2. The first-order valence-corrected chi connectivity index (χ1v) is 10.6. The van der Waals surface area contributed by atoms with Crippen molar-refractivity contribution in [3.63, 3.8) is 0 Å². The second-order valence-electron chi connectivity index (χ2n) is 9.84. The Hall–Kier alpha value is -1.70. The highest BCUT2D eigenvalue weighted by Gasteiger charge is 2.56. The van der Waals surface area contributed by atoms with Crippen molar-refractivity contribution >= 4 is 30.0 Å². The van der Waals surface area contributed by atoms with Crippen molar-refractivity contribution in [2.45, 2.75) is 76.0 Å². The summed E-state index contributed by atoms with van der Waals surface area (Å²) in [6.45, 7) is 9.31. The smallest absolute Gasteiger partial charge is 0.399 e. The van der Waals surface area contributed by atoms with Crippen molar-refractivity contribution < 1.29 is 23.6 Å². The first-order valence-electron chi connectivity index (χ1n) is 10.6. The Morgan fingerprint density at radius 2 is 1.62 bits per heavy atom. The molecule has 0 atom stereocenters. The number of nitrogens with zero attached hydrogens (tertiary/aromatic N) is 1. The van der Waals surface area contributed by atoms with E-state index in [1.807, 2.05) is 44.7 Å². The highest BCUT2D eigenvalue weighted by atomic mass is 16.7. The van der Waals surface area contributed by atoms with Gasteiger partial charge in [0.2, 0.25) is 5.91 Å². The molecule has 1 saturated carbocycles. The van der Waals surface area contributed by atoms with Crippen molar-refractivity contribution in [1.29, 1.82) is 0 Å². The third kappa shape index (κ3) is 2.67. The fraction of sp³-hybridized carbons (Fsp3) is 0.636. The number of rotatable bonds is 2. The summed E-state index contributed by atoms with van der Waals surface area (Å²) < 4.78 is 18.0. The van der Waals surface area contributed by atoms with Crippen LogP contribution in [0, 0.1) is 0 Å². The van der Waals surface area contributed by atoms with E-state index >= 15 is 0 Å². The van der Waals surface area contributed by atoms with Gasteiger partial charge in [-0.1, -0.05) is 12.1 Å². The van der Waals surface area contributed by atoms with Crippen LogP contribution in [-0.2, 0) is 29.0 Å². The van der Waals surface area contributed by atoms with Gasteiger partial charge in [0.15, 0.2) is 0 Å². The fourth-order valence-electron chi connectivity index (χ4n) is 4.95. The van der Waals surface area contributed by atoms with Crippen LogP contribution in [-0.4, -0.2) is 49.3 Å². The maximum Gasteiger partial charge on any atom is 0.494 e. The number of amides is 1. The molecule has 2 saturated heterocycles. The van der Waals surface area contributed by atoms with Crippen molar-refractivity contribution in [3.8, 4) is 0 Å². The summed E-state index contributed by atoms with van der Waals surface area (Å²) in [5, 5.41) is 0. The van der Waals surface area contributed by atoms with Crippen LogP contribution in [0.5, 0.6) is 0 Å². The van der Waals surface area contributed by atoms with Gasteiger partial charge in [0.25, 0.3) is 0 Å². The summed E-state index contributed by atoms with van der Waals surface area (Å²) >= 11 is 0. The van der Waals surface area contributed by atoms with Crippen LogP contribution in [0.15, 0.2) is 18.2 Å². The lowest BCUT2D eigenvalue weighted by Gasteiger charge is -2.37. The number of hydrogen-bond donors (Lipinski definition) is 0. The predicted molar refractivity (Wildman–Crippen MR) is 109 cm³/mol. The second-order valence-corrected chi connectivity index (χ2v) is 9.84. The zero-order valence-corrected chi connectivity index (χ0v) is 17.6. The highest BCUT2D eigenvalue weighted by molar-refractivity contribution is 6.62. The van der Waals surface area contributed by atoms with Gasteiger partial charge in [-0.2, -0.15) is 0 Å². The zero-order valence-electron chi connectivity index (χ0n) is 17.6. The van der Waals surface area contributed by atoms with Crippen molar-refractivity contribution in [1.82, 2.24) is 0 Å². The largest absolute Gasteiger partial charge is 0.494 e. The monoisotopic (exact) mass is 397 g/mol. The fourth-order valence-corrected chi connectivity index (χ4v) is 4.95. The quantitative estimate of drug-likeness (QED) is 0.716. The maximum absolute atomic E-state index is 13.6. The predicted octanol–water partition coefficient (Wildman–Crippen LogP) is 2.11. The van der Waals surface area contributed by atoms with E-state index in [4.69, 9.17) is 14.0 Å². The molecule has 3 fully saturated rings. The topological polar surface area (TPSA) is 65.1 Å². The molecule has 3 heterocycles. The van der Waals surface area contributed by atoms with Crippen LogP contribution < -0.4 is 10.4 Å². The number of hydrogen-bond acceptors (Lipinski definition) is 5. The van der Waals surface area contributed by atoms with Crippen LogP contribution >= 0.6 is 0 Å². The van der Waals surface area contributed by atoms with E-state index in [2.05, 4.69) is 6.07 Å². The third-order valence-corrected chi connectivity index (χ3v) is 7.59. The van der Waals surface area contributed by atoms with Crippen molar-refractivity contribution in [2.75, 3.05) is 18.1 Å². The Labute approximate surface area is 172 Å². The lowest BCUT2D eigenvalue weighted by molar-refractivity contribution is -0.129. The molecule has 0 radical (unpaired) electrons. The van der Waals surface area contributed by atoms with Gasteiger partial charge in [0, 0.05) is 31.7 Å². The van der Waals surface area contributed by atoms with Crippen LogP contribution in [0.3, 0.4) is 0 Å². The lowest BCUT2D eigenvalue weighted by Crippen LogP contribution is -2.52. The summed E-state index contributed by atoms with van der Waals surface area (Å²) in [7, 11) is -0.475. The molecule has 0 N–H and O–H groups in total. The van der Waals surface area contributed by atoms with Gasteiger partial charge in [0.1, 0.15) is 5.78 Å². The van der Waals surface area contributed by atoms with Gasteiger partial charge in [-0.15, -0.1) is 0 Å². The number of benzene rings is 1. The Kier molecular flexibility index (Phi) is 4.09. The van der Waals surface area contributed by atoms with E-state index < -0.39 is 23.7 Å². The van der Waals surface area contributed by atoms with Crippen LogP contribution in [0.25, 0.3) is 0 Å². The molecule has 29 heavy (non-hydrogen) atoms. The summed E-state index contributed by atoms with van der Waals surface area (Å²) in [6, 6.07) is 6.10. The van der Waals surface area contributed by atoms with E-state index in [9.17, 15) is 9.59 Å². The highest BCUT2D eigenvalue weighted by Crippen LogP contribution is 2.50. The molecule has 7 heteroatoms. The Morgan fingerprint density at radius 3 is 2.21 bits per heavy atom. The van der Waals surface area contributed by atoms with Crippen LogP contribution in [0.4, 0.5) is 5.69 Å². The van der Waals surface area contributed by atoms with E-state index in [0.29, 0.717) is 38.9 Å². The number of ether oxygens (including phenoxy) is 1. The molecular weight excluding hydrogens is 369 g/mol. The number of carbonyl (C=O) groups is 2. The molecule has 0 bridgehead atoms. The average molecular weight is 397 g/mol. The molecule has 1 aromatic rings. The Balaban J connectivity index is 1.56. The third-order valence-electron chi connectivity index (χ3n) is 7.59. The van der Waals surface area contributed by atoms with Gasteiger partial charge in [-0.25, -0.2) is 0 Å². The summed E-state index contributed by atoms with van der Waals surface area (Å²) in [6.07, 6.45) is 2.26. The van der Waals surface area contributed by atoms with Crippen LogP contribution in [0.2, 0.25) is 0 Å². The van der Waals surface area contributed by atoms with Gasteiger partial charge < -0.3 is 18.9 Å². The SMILES string of the molecule is CC1(C)OB(c2ccc3c(c2)N(C2CC(=O)C2)C(=O)C32CCOCC2)OC1(C)C. The number of anilines is 1. The van der Waals surface area contributed by atoms with E-state index in [1.165, 1.54) is 0 Å². The molecule has 3 aliphatic heterocycles. The molecule has 1 spiro atoms. The minimum absolute atomic E-state index is 0.0375. The number of fused-ring (bicyclic) bond motifs is 2. The molecule has 0 aromatic heterocycles. The molecule has 1 amide bonds. The zero-order chi connectivity index (χ0) is 20.6.